The zero-order chi connectivity index (χ0) is 16.9. The fraction of sp³-hybridized carbons (Fsp3) is 0.368. The second-order valence-corrected chi connectivity index (χ2v) is 6.07. The van der Waals surface area contributed by atoms with Crippen LogP contribution in [-0.4, -0.2) is 37.7 Å². The summed E-state index contributed by atoms with van der Waals surface area (Å²) >= 11 is 0. The van der Waals surface area contributed by atoms with Gasteiger partial charge in [0.1, 0.15) is 11.4 Å². The lowest BCUT2D eigenvalue weighted by Gasteiger charge is -2.29. The van der Waals surface area contributed by atoms with Crippen molar-refractivity contribution < 1.29 is 0 Å². The molecule has 2 aromatic heterocycles. The summed E-state index contributed by atoms with van der Waals surface area (Å²) < 4.78 is 1.89. The second kappa shape index (κ2) is 7.22. The Balaban J connectivity index is 1.84. The molecule has 0 amide bonds. The average molecular weight is 321 g/mol. The number of hydrogen-bond acceptors (Lipinski definition) is 3. The minimum Gasteiger partial charge on any atom is -0.371 e. The monoisotopic (exact) mass is 321 g/mol. The number of nitrogens with zero attached hydrogens (tertiary/aromatic N) is 4. The highest BCUT2D eigenvalue weighted by molar-refractivity contribution is 5.58. The number of piperidine rings is 1. The number of aromatic amines is 1. The summed E-state index contributed by atoms with van der Waals surface area (Å²) in [4.78, 5) is 6.45. The van der Waals surface area contributed by atoms with Gasteiger partial charge in [-0.3, -0.25) is 5.10 Å². The van der Waals surface area contributed by atoms with Crippen molar-refractivity contribution in [3.05, 3.63) is 53.5 Å². The standard InChI is InChI=1S/C19H23N5/c1-4-16(24-10-6-5-7-11-24)12-19-15(2)18(21-22-19)9-8-17-13-20-14-23(17)3/h4,12-14H,1,5-7,10-11H2,2-3H3,(H,21,22)/b16-12+. The highest BCUT2D eigenvalue weighted by Crippen LogP contribution is 2.19. The van der Waals surface area contributed by atoms with E-state index in [9.17, 15) is 0 Å². The number of likely N-dealkylation sites (tertiary alicyclic amines) is 1. The van der Waals surface area contributed by atoms with Crippen LogP contribution in [0.3, 0.4) is 0 Å². The molecule has 0 atom stereocenters. The van der Waals surface area contributed by atoms with Crippen LogP contribution in [0.25, 0.3) is 6.08 Å². The molecular formula is C19H23N5. The maximum Gasteiger partial charge on any atom is 0.112 e. The van der Waals surface area contributed by atoms with Crippen molar-refractivity contribution in [1.82, 2.24) is 24.6 Å². The molecule has 24 heavy (non-hydrogen) atoms. The van der Waals surface area contributed by atoms with E-state index in [1.54, 1.807) is 12.5 Å². The molecule has 1 fully saturated rings. The first-order valence-electron chi connectivity index (χ1n) is 8.31. The van der Waals surface area contributed by atoms with E-state index in [2.05, 4.69) is 44.6 Å². The SMILES string of the molecule is C=C/C(=C\c1n[nH]c(C#Cc2cncn2C)c1C)N1CCCCC1. The molecule has 1 N–H and O–H groups in total. The van der Waals surface area contributed by atoms with E-state index in [-0.39, 0.29) is 0 Å². The third-order valence-electron chi connectivity index (χ3n) is 4.39. The van der Waals surface area contributed by atoms with E-state index < -0.39 is 0 Å². The summed E-state index contributed by atoms with van der Waals surface area (Å²) in [5, 5.41) is 7.46. The maximum atomic E-state index is 4.42. The number of hydrogen-bond donors (Lipinski definition) is 1. The van der Waals surface area contributed by atoms with Crippen LogP contribution in [0, 0.1) is 18.8 Å². The van der Waals surface area contributed by atoms with Crippen LogP contribution in [-0.2, 0) is 7.05 Å². The summed E-state index contributed by atoms with van der Waals surface area (Å²) in [7, 11) is 1.93. The van der Waals surface area contributed by atoms with Crippen molar-refractivity contribution in [3.63, 3.8) is 0 Å². The van der Waals surface area contributed by atoms with Gasteiger partial charge in [-0.1, -0.05) is 6.58 Å². The lowest BCUT2D eigenvalue weighted by molar-refractivity contribution is 0.295. The van der Waals surface area contributed by atoms with Crippen LogP contribution < -0.4 is 0 Å². The number of H-pyrrole nitrogens is 1. The molecule has 0 spiro atoms. The Hall–Kier alpha value is -2.74. The summed E-state index contributed by atoms with van der Waals surface area (Å²) in [5.74, 6) is 6.27. The van der Waals surface area contributed by atoms with Gasteiger partial charge in [0.15, 0.2) is 0 Å². The number of nitrogens with one attached hydrogen (secondary N) is 1. The first kappa shape index (κ1) is 16.1. The van der Waals surface area contributed by atoms with Crippen molar-refractivity contribution in [2.24, 2.45) is 7.05 Å². The largest absolute Gasteiger partial charge is 0.371 e. The van der Waals surface area contributed by atoms with Gasteiger partial charge in [0.2, 0.25) is 0 Å². The lowest BCUT2D eigenvalue weighted by Crippen LogP contribution is -2.28. The fourth-order valence-corrected chi connectivity index (χ4v) is 2.85. The molecule has 0 aliphatic carbocycles. The lowest BCUT2D eigenvalue weighted by atomic mass is 10.1. The summed E-state index contributed by atoms with van der Waals surface area (Å²) in [6.45, 7) is 8.19. The van der Waals surface area contributed by atoms with Crippen LogP contribution in [0.5, 0.6) is 0 Å². The molecule has 5 heteroatoms. The van der Waals surface area contributed by atoms with E-state index >= 15 is 0 Å². The van der Waals surface area contributed by atoms with Crippen LogP contribution in [0.2, 0.25) is 0 Å². The number of imidazole rings is 1. The van der Waals surface area contributed by atoms with Crippen LogP contribution >= 0.6 is 0 Å². The van der Waals surface area contributed by atoms with Gasteiger partial charge in [-0.2, -0.15) is 5.10 Å². The molecule has 5 nitrogen and oxygen atoms in total. The molecule has 3 heterocycles. The Morgan fingerprint density at radius 1 is 1.29 bits per heavy atom. The molecule has 3 rings (SSSR count). The Morgan fingerprint density at radius 2 is 2.08 bits per heavy atom. The van der Waals surface area contributed by atoms with Crippen molar-refractivity contribution in [2.75, 3.05) is 13.1 Å². The third-order valence-corrected chi connectivity index (χ3v) is 4.39. The minimum atomic E-state index is 0.838. The summed E-state index contributed by atoms with van der Waals surface area (Å²) in [5.41, 5.74) is 4.83. The van der Waals surface area contributed by atoms with Crippen LogP contribution in [0.4, 0.5) is 0 Å². The first-order chi connectivity index (χ1) is 11.7. The van der Waals surface area contributed by atoms with E-state index in [1.807, 2.05) is 24.6 Å². The van der Waals surface area contributed by atoms with Crippen LogP contribution in [0.1, 0.15) is 41.9 Å². The third kappa shape index (κ3) is 3.43. The number of rotatable bonds is 3. The molecule has 1 saturated heterocycles. The Bertz CT molecular complexity index is 806. The molecule has 1 aliphatic heterocycles. The second-order valence-electron chi connectivity index (χ2n) is 6.07. The topological polar surface area (TPSA) is 49.7 Å². The Morgan fingerprint density at radius 3 is 2.75 bits per heavy atom. The Kier molecular flexibility index (Phi) is 4.85. The first-order valence-corrected chi connectivity index (χ1v) is 8.31. The zero-order valence-electron chi connectivity index (χ0n) is 14.3. The summed E-state index contributed by atoms with van der Waals surface area (Å²) in [6, 6.07) is 0. The molecule has 0 saturated carbocycles. The van der Waals surface area contributed by atoms with Crippen molar-refractivity contribution in [3.8, 4) is 11.8 Å². The maximum absolute atomic E-state index is 4.42. The molecule has 2 aromatic rings. The molecule has 124 valence electrons. The highest BCUT2D eigenvalue weighted by atomic mass is 15.1. The van der Waals surface area contributed by atoms with E-state index in [0.29, 0.717) is 0 Å². The van der Waals surface area contributed by atoms with E-state index in [1.165, 1.54) is 19.3 Å². The fourth-order valence-electron chi connectivity index (χ4n) is 2.85. The van der Waals surface area contributed by atoms with Gasteiger partial charge >= 0.3 is 0 Å². The predicted octanol–water partition coefficient (Wildman–Crippen LogP) is 2.86. The van der Waals surface area contributed by atoms with E-state index in [4.69, 9.17) is 0 Å². The normalized spacial score (nSPS) is 15.1. The molecular weight excluding hydrogens is 298 g/mol. The molecule has 0 radical (unpaired) electrons. The van der Waals surface area contributed by atoms with Gasteiger partial charge in [0.25, 0.3) is 0 Å². The number of aryl methyl sites for hydroxylation is 1. The van der Waals surface area contributed by atoms with Crippen molar-refractivity contribution in [2.45, 2.75) is 26.2 Å². The number of allylic oxidation sites excluding steroid dienone is 1. The van der Waals surface area contributed by atoms with Crippen molar-refractivity contribution >= 4 is 6.08 Å². The number of aromatic nitrogens is 4. The zero-order valence-corrected chi connectivity index (χ0v) is 14.3. The smallest absolute Gasteiger partial charge is 0.112 e. The van der Waals surface area contributed by atoms with Gasteiger partial charge < -0.3 is 9.47 Å². The Labute approximate surface area is 143 Å². The summed E-state index contributed by atoms with van der Waals surface area (Å²) in [6.07, 6.45) is 11.3. The van der Waals surface area contributed by atoms with Gasteiger partial charge in [0, 0.05) is 31.4 Å². The van der Waals surface area contributed by atoms with E-state index in [0.717, 1.165) is 41.4 Å². The highest BCUT2D eigenvalue weighted by Gasteiger charge is 2.13. The van der Waals surface area contributed by atoms with Crippen LogP contribution in [0.15, 0.2) is 30.9 Å². The molecule has 0 bridgehead atoms. The molecule has 1 aliphatic rings. The van der Waals surface area contributed by atoms with Gasteiger partial charge in [0.05, 0.1) is 18.2 Å². The van der Waals surface area contributed by atoms with Gasteiger partial charge in [-0.15, -0.1) is 0 Å². The van der Waals surface area contributed by atoms with Crippen molar-refractivity contribution in [1.29, 1.82) is 0 Å². The molecule has 0 aromatic carbocycles. The molecule has 0 unspecified atom stereocenters. The quantitative estimate of drug-likeness (QED) is 0.698. The minimum absolute atomic E-state index is 0.838. The van der Waals surface area contributed by atoms with Gasteiger partial charge in [-0.25, -0.2) is 4.98 Å². The van der Waals surface area contributed by atoms with Gasteiger partial charge in [-0.05, 0) is 50.2 Å². The average Bonchev–Trinajstić information content (AvgIpc) is 3.17. The predicted molar refractivity (Wildman–Crippen MR) is 96.1 cm³/mol.